The van der Waals surface area contributed by atoms with E-state index in [-0.39, 0.29) is 11.9 Å². The fourth-order valence-corrected chi connectivity index (χ4v) is 2.01. The van der Waals surface area contributed by atoms with Crippen molar-refractivity contribution in [2.75, 3.05) is 0 Å². The summed E-state index contributed by atoms with van der Waals surface area (Å²) in [5.41, 5.74) is 0.794. The number of hydrogen-bond donors (Lipinski definition) is 1. The minimum atomic E-state index is -0.326. The highest BCUT2D eigenvalue weighted by Crippen LogP contribution is 2.19. The lowest BCUT2D eigenvalue weighted by molar-refractivity contribution is 0.138. The molecule has 0 radical (unpaired) electrons. The number of aromatic nitrogens is 3. The first-order chi connectivity index (χ1) is 8.22. The highest BCUT2D eigenvalue weighted by atomic mass is 19.1. The SMILES string of the molecule is OC1CCn2nc(-c3ccc(F)cc3)nc2C1. The number of nitrogens with zero attached hydrogens (tertiary/aromatic N) is 3. The van der Waals surface area contributed by atoms with Crippen molar-refractivity contribution in [2.45, 2.75) is 25.5 Å². The Bertz CT molecular complexity index is 535. The molecule has 0 amide bonds. The zero-order chi connectivity index (χ0) is 11.8. The van der Waals surface area contributed by atoms with Crippen LogP contribution >= 0.6 is 0 Å². The second-order valence-electron chi connectivity index (χ2n) is 4.23. The molecule has 1 atom stereocenters. The molecule has 2 aromatic rings. The van der Waals surface area contributed by atoms with E-state index in [0.29, 0.717) is 25.2 Å². The van der Waals surface area contributed by atoms with Crippen molar-refractivity contribution >= 4 is 0 Å². The lowest BCUT2D eigenvalue weighted by atomic mass is 10.1. The fourth-order valence-electron chi connectivity index (χ4n) is 2.01. The van der Waals surface area contributed by atoms with Crippen LogP contribution in [-0.2, 0) is 13.0 Å². The number of aryl methyl sites for hydroxylation is 1. The van der Waals surface area contributed by atoms with Gasteiger partial charge >= 0.3 is 0 Å². The van der Waals surface area contributed by atoms with E-state index in [0.717, 1.165) is 11.4 Å². The van der Waals surface area contributed by atoms with E-state index < -0.39 is 0 Å². The summed E-state index contributed by atoms with van der Waals surface area (Å²) in [5, 5.41) is 13.9. The molecule has 2 heterocycles. The van der Waals surface area contributed by atoms with Crippen LogP contribution in [0, 0.1) is 5.82 Å². The predicted molar refractivity (Wildman–Crippen MR) is 59.7 cm³/mol. The van der Waals surface area contributed by atoms with Gasteiger partial charge in [-0.25, -0.2) is 14.1 Å². The molecule has 0 aliphatic carbocycles. The van der Waals surface area contributed by atoms with Crippen LogP contribution in [0.2, 0.25) is 0 Å². The highest BCUT2D eigenvalue weighted by molar-refractivity contribution is 5.54. The van der Waals surface area contributed by atoms with Crippen LogP contribution < -0.4 is 0 Å². The van der Waals surface area contributed by atoms with Crippen molar-refractivity contribution in [3.05, 3.63) is 35.9 Å². The molecule has 88 valence electrons. The Kier molecular flexibility index (Phi) is 2.40. The molecule has 0 saturated heterocycles. The number of halogens is 1. The van der Waals surface area contributed by atoms with Gasteiger partial charge in [-0.3, -0.25) is 0 Å². The van der Waals surface area contributed by atoms with E-state index in [1.807, 2.05) is 4.68 Å². The third-order valence-electron chi connectivity index (χ3n) is 2.94. The normalized spacial score (nSPS) is 19.1. The molecule has 1 aromatic carbocycles. The van der Waals surface area contributed by atoms with Gasteiger partial charge in [-0.15, -0.1) is 0 Å². The molecular formula is C12H12FN3O. The first-order valence-electron chi connectivity index (χ1n) is 5.60. The average Bonchev–Trinajstić information content (AvgIpc) is 2.72. The third kappa shape index (κ3) is 1.93. The highest BCUT2D eigenvalue weighted by Gasteiger charge is 2.20. The number of rotatable bonds is 1. The molecule has 4 nitrogen and oxygen atoms in total. The van der Waals surface area contributed by atoms with Crippen LogP contribution in [-0.4, -0.2) is 26.0 Å². The topological polar surface area (TPSA) is 50.9 Å². The molecule has 1 aliphatic heterocycles. The Morgan fingerprint density at radius 2 is 2.06 bits per heavy atom. The summed E-state index contributed by atoms with van der Waals surface area (Å²) in [6.45, 7) is 0.685. The van der Waals surface area contributed by atoms with Crippen molar-refractivity contribution in [1.82, 2.24) is 14.8 Å². The Labute approximate surface area is 97.7 Å². The summed E-state index contributed by atoms with van der Waals surface area (Å²) in [7, 11) is 0. The van der Waals surface area contributed by atoms with Gasteiger partial charge in [0.25, 0.3) is 0 Å². The Balaban J connectivity index is 1.97. The molecule has 1 unspecified atom stereocenters. The second kappa shape index (κ2) is 3.92. The summed E-state index contributed by atoms with van der Waals surface area (Å²) >= 11 is 0. The van der Waals surface area contributed by atoms with E-state index in [1.54, 1.807) is 12.1 Å². The van der Waals surface area contributed by atoms with Crippen molar-refractivity contribution in [3.8, 4) is 11.4 Å². The molecule has 0 saturated carbocycles. The number of benzene rings is 1. The van der Waals surface area contributed by atoms with Crippen molar-refractivity contribution in [1.29, 1.82) is 0 Å². The summed E-state index contributed by atoms with van der Waals surface area (Å²) in [5.74, 6) is 1.12. The van der Waals surface area contributed by atoms with E-state index in [4.69, 9.17) is 0 Å². The maximum atomic E-state index is 12.8. The molecular weight excluding hydrogens is 221 g/mol. The standard InChI is InChI=1S/C12H12FN3O/c13-9-3-1-8(2-4-9)12-14-11-7-10(17)5-6-16(11)15-12/h1-4,10,17H,5-7H2. The lowest BCUT2D eigenvalue weighted by Gasteiger charge is -2.16. The molecule has 1 aliphatic rings. The largest absolute Gasteiger partial charge is 0.393 e. The van der Waals surface area contributed by atoms with Gasteiger partial charge in [-0.05, 0) is 30.7 Å². The molecule has 1 aromatic heterocycles. The molecule has 5 heteroatoms. The van der Waals surface area contributed by atoms with E-state index in [1.165, 1.54) is 12.1 Å². The van der Waals surface area contributed by atoms with E-state index >= 15 is 0 Å². The van der Waals surface area contributed by atoms with Crippen LogP contribution in [0.5, 0.6) is 0 Å². The molecule has 0 spiro atoms. The second-order valence-corrected chi connectivity index (χ2v) is 4.23. The Morgan fingerprint density at radius 3 is 2.82 bits per heavy atom. The number of aliphatic hydroxyl groups is 1. The molecule has 17 heavy (non-hydrogen) atoms. The van der Waals surface area contributed by atoms with Crippen LogP contribution in [0.4, 0.5) is 4.39 Å². The molecule has 0 bridgehead atoms. The fraction of sp³-hybridized carbons (Fsp3) is 0.333. The van der Waals surface area contributed by atoms with Gasteiger partial charge in [-0.1, -0.05) is 0 Å². The van der Waals surface area contributed by atoms with Crippen molar-refractivity contribution in [2.24, 2.45) is 0 Å². The summed E-state index contributed by atoms with van der Waals surface area (Å²) < 4.78 is 14.6. The molecule has 0 fully saturated rings. The molecule has 1 N–H and O–H groups in total. The van der Waals surface area contributed by atoms with Crippen molar-refractivity contribution in [3.63, 3.8) is 0 Å². The van der Waals surface area contributed by atoms with Crippen LogP contribution in [0.15, 0.2) is 24.3 Å². The van der Waals surface area contributed by atoms with Crippen LogP contribution in [0.1, 0.15) is 12.2 Å². The van der Waals surface area contributed by atoms with Gasteiger partial charge in [-0.2, -0.15) is 5.10 Å². The first-order valence-corrected chi connectivity index (χ1v) is 5.60. The number of fused-ring (bicyclic) bond motifs is 1. The minimum absolute atomic E-state index is 0.270. The smallest absolute Gasteiger partial charge is 0.181 e. The first kappa shape index (κ1) is 10.4. The van der Waals surface area contributed by atoms with Crippen molar-refractivity contribution < 1.29 is 9.50 Å². The van der Waals surface area contributed by atoms with Gasteiger partial charge in [0.15, 0.2) is 5.82 Å². The third-order valence-corrected chi connectivity index (χ3v) is 2.94. The Hall–Kier alpha value is -1.75. The maximum absolute atomic E-state index is 12.8. The van der Waals surface area contributed by atoms with Gasteiger partial charge in [0, 0.05) is 18.5 Å². The van der Waals surface area contributed by atoms with Gasteiger partial charge < -0.3 is 5.11 Å². The average molecular weight is 233 g/mol. The Morgan fingerprint density at radius 1 is 1.29 bits per heavy atom. The minimum Gasteiger partial charge on any atom is -0.393 e. The van der Waals surface area contributed by atoms with Gasteiger partial charge in [0.2, 0.25) is 0 Å². The summed E-state index contributed by atoms with van der Waals surface area (Å²) in [6.07, 6.45) is 0.917. The lowest BCUT2D eigenvalue weighted by Crippen LogP contribution is -2.23. The summed E-state index contributed by atoms with van der Waals surface area (Å²) in [4.78, 5) is 4.37. The summed E-state index contributed by atoms with van der Waals surface area (Å²) in [6, 6.07) is 6.11. The monoisotopic (exact) mass is 233 g/mol. The predicted octanol–water partition coefficient (Wildman–Crippen LogP) is 1.39. The molecule has 3 rings (SSSR count). The zero-order valence-corrected chi connectivity index (χ0v) is 9.17. The zero-order valence-electron chi connectivity index (χ0n) is 9.17. The van der Waals surface area contributed by atoms with Crippen LogP contribution in [0.3, 0.4) is 0 Å². The van der Waals surface area contributed by atoms with Crippen LogP contribution in [0.25, 0.3) is 11.4 Å². The van der Waals surface area contributed by atoms with Gasteiger partial charge in [0.05, 0.1) is 6.10 Å². The number of aliphatic hydroxyl groups excluding tert-OH is 1. The van der Waals surface area contributed by atoms with E-state index in [9.17, 15) is 9.50 Å². The quantitative estimate of drug-likeness (QED) is 0.809. The number of hydrogen-bond acceptors (Lipinski definition) is 3. The maximum Gasteiger partial charge on any atom is 0.181 e. The van der Waals surface area contributed by atoms with Gasteiger partial charge in [0.1, 0.15) is 11.6 Å². The van der Waals surface area contributed by atoms with E-state index in [2.05, 4.69) is 10.1 Å².